The maximum absolute atomic E-state index is 13.0. The van der Waals surface area contributed by atoms with Gasteiger partial charge in [0.15, 0.2) is 0 Å². The molecule has 42 heavy (non-hydrogen) atoms. The number of anilines is 1. The van der Waals surface area contributed by atoms with Crippen LogP contribution >= 0.6 is 0 Å². The Kier molecular flexibility index (Phi) is 9.99. The monoisotopic (exact) mass is 596 g/mol. The van der Waals surface area contributed by atoms with Crippen molar-refractivity contribution in [3.63, 3.8) is 0 Å². The molecule has 10 nitrogen and oxygen atoms in total. The highest BCUT2D eigenvalue weighted by Crippen LogP contribution is 2.30. The number of rotatable bonds is 12. The van der Waals surface area contributed by atoms with E-state index < -0.39 is 9.84 Å². The van der Waals surface area contributed by atoms with E-state index in [1.807, 2.05) is 41.1 Å². The van der Waals surface area contributed by atoms with Crippen LogP contribution in [0, 0.1) is 5.92 Å². The zero-order valence-corrected chi connectivity index (χ0v) is 25.6. The van der Waals surface area contributed by atoms with Crippen LogP contribution in [0.1, 0.15) is 58.3 Å². The number of carbonyl (C=O) groups excluding carboxylic acids is 1. The molecule has 2 aromatic heterocycles. The van der Waals surface area contributed by atoms with E-state index in [0.29, 0.717) is 19.0 Å². The number of piperidine rings is 1. The highest BCUT2D eigenvalue weighted by Gasteiger charge is 2.29. The number of hydrogen-bond donors (Lipinski definition) is 2. The van der Waals surface area contributed by atoms with Crippen LogP contribution in [0.15, 0.2) is 42.7 Å². The number of benzene rings is 1. The maximum Gasteiger partial charge on any atom is 0.224 e. The fourth-order valence-corrected chi connectivity index (χ4v) is 6.86. The van der Waals surface area contributed by atoms with Crippen LogP contribution in [-0.4, -0.2) is 84.1 Å². The molecular weight excluding hydrogens is 552 g/mol. The van der Waals surface area contributed by atoms with Crippen LogP contribution in [0.25, 0.3) is 16.7 Å². The first-order chi connectivity index (χ1) is 20.3. The Labute approximate surface area is 249 Å². The standard InChI is InChI=1S/C31H44N6O4S/c1-3-17-36-18-5-7-25(22-36)33-30(38)23-10-12-24(13-11-23)34-31-32-16-14-29(35-31)37-19-15-26-27(37)8-4-9-28(26)41-20-6-21-42(2,39)40/h4,8-9,14-16,19,23-25H,3,5-7,10-13,17-18,20-22H2,1-2H3,(H,33,38)(H,32,34,35)/t23?,24?,25-/m0/s1. The number of carbonyl (C=O) groups is 1. The average molecular weight is 597 g/mol. The lowest BCUT2D eigenvalue weighted by Gasteiger charge is -2.34. The molecule has 1 saturated carbocycles. The summed E-state index contributed by atoms with van der Waals surface area (Å²) >= 11 is 0. The third-order valence-electron chi connectivity index (χ3n) is 8.32. The molecule has 3 heterocycles. The number of nitrogens with one attached hydrogen (secondary N) is 2. The quantitative estimate of drug-likeness (QED) is 0.299. The minimum atomic E-state index is -3.01. The van der Waals surface area contributed by atoms with Gasteiger partial charge in [0.1, 0.15) is 21.4 Å². The van der Waals surface area contributed by atoms with E-state index in [9.17, 15) is 13.2 Å². The van der Waals surface area contributed by atoms with E-state index in [-0.39, 0.29) is 29.7 Å². The maximum atomic E-state index is 13.0. The Morgan fingerprint density at radius 3 is 2.71 bits per heavy atom. The number of amides is 1. The van der Waals surface area contributed by atoms with Crippen molar-refractivity contribution in [1.82, 2.24) is 24.8 Å². The molecule has 0 bridgehead atoms. The third-order valence-corrected chi connectivity index (χ3v) is 9.35. The molecule has 1 aromatic carbocycles. The molecule has 1 amide bonds. The summed E-state index contributed by atoms with van der Waals surface area (Å²) in [6.45, 7) is 5.77. The predicted molar refractivity (Wildman–Crippen MR) is 166 cm³/mol. The van der Waals surface area contributed by atoms with E-state index in [2.05, 4.69) is 27.4 Å². The van der Waals surface area contributed by atoms with Crippen molar-refractivity contribution in [2.45, 2.75) is 70.4 Å². The average Bonchev–Trinajstić information content (AvgIpc) is 3.41. The van der Waals surface area contributed by atoms with Crippen molar-refractivity contribution in [1.29, 1.82) is 0 Å². The number of ether oxygens (including phenoxy) is 1. The van der Waals surface area contributed by atoms with Gasteiger partial charge in [-0.15, -0.1) is 0 Å². The smallest absolute Gasteiger partial charge is 0.224 e. The minimum Gasteiger partial charge on any atom is -0.493 e. The Morgan fingerprint density at radius 2 is 1.93 bits per heavy atom. The topological polar surface area (TPSA) is 118 Å². The molecule has 0 unspecified atom stereocenters. The van der Waals surface area contributed by atoms with Gasteiger partial charge in [-0.3, -0.25) is 4.79 Å². The zero-order chi connectivity index (χ0) is 29.5. The SMILES string of the molecule is CCCN1CCC[C@H](NC(=O)C2CCC(Nc3nccc(-n4ccc5c(OCCCS(C)(=O)=O)cccc54)n3)CC2)C1. The van der Waals surface area contributed by atoms with E-state index in [1.54, 1.807) is 6.20 Å². The summed E-state index contributed by atoms with van der Waals surface area (Å²) in [5.74, 6) is 2.44. The molecule has 1 saturated heterocycles. The van der Waals surface area contributed by atoms with Gasteiger partial charge in [0.2, 0.25) is 11.9 Å². The van der Waals surface area contributed by atoms with E-state index in [1.165, 1.54) is 6.26 Å². The Bertz CT molecular complexity index is 1450. The molecule has 2 fully saturated rings. The molecule has 11 heteroatoms. The lowest BCUT2D eigenvalue weighted by atomic mass is 9.85. The van der Waals surface area contributed by atoms with Gasteiger partial charge in [-0.2, -0.15) is 4.98 Å². The summed E-state index contributed by atoms with van der Waals surface area (Å²) in [5, 5.41) is 7.78. The normalized spacial score (nSPS) is 21.7. The molecule has 1 atom stereocenters. The summed E-state index contributed by atoms with van der Waals surface area (Å²) in [7, 11) is -3.01. The highest BCUT2D eigenvalue weighted by atomic mass is 32.2. The summed E-state index contributed by atoms with van der Waals surface area (Å²) in [5.41, 5.74) is 0.947. The highest BCUT2D eigenvalue weighted by molar-refractivity contribution is 7.90. The second-order valence-corrected chi connectivity index (χ2v) is 14.0. The third kappa shape index (κ3) is 8.01. The van der Waals surface area contributed by atoms with Gasteiger partial charge in [0, 0.05) is 48.6 Å². The van der Waals surface area contributed by atoms with Crippen molar-refractivity contribution in [3.8, 4) is 11.6 Å². The van der Waals surface area contributed by atoms with E-state index in [0.717, 1.165) is 87.1 Å². The number of aromatic nitrogens is 3. The van der Waals surface area contributed by atoms with Crippen LogP contribution in [0.3, 0.4) is 0 Å². The van der Waals surface area contributed by atoms with Crippen LogP contribution in [0.5, 0.6) is 5.75 Å². The van der Waals surface area contributed by atoms with Crippen LogP contribution in [0.4, 0.5) is 5.95 Å². The molecular formula is C31H44N6O4S. The second-order valence-electron chi connectivity index (χ2n) is 11.8. The predicted octanol–water partition coefficient (Wildman–Crippen LogP) is 4.20. The van der Waals surface area contributed by atoms with Crippen LogP contribution in [0.2, 0.25) is 0 Å². The molecule has 0 radical (unpaired) electrons. The Balaban J connectivity index is 1.15. The first-order valence-corrected chi connectivity index (χ1v) is 17.4. The molecule has 228 valence electrons. The van der Waals surface area contributed by atoms with Crippen molar-refractivity contribution < 1.29 is 17.9 Å². The van der Waals surface area contributed by atoms with Crippen molar-refractivity contribution in [3.05, 3.63) is 42.7 Å². The van der Waals surface area contributed by atoms with Crippen molar-refractivity contribution in [2.24, 2.45) is 5.92 Å². The molecule has 0 spiro atoms. The number of likely N-dealkylation sites (tertiary alicyclic amines) is 1. The van der Waals surface area contributed by atoms with Gasteiger partial charge in [-0.25, -0.2) is 13.4 Å². The van der Waals surface area contributed by atoms with E-state index >= 15 is 0 Å². The van der Waals surface area contributed by atoms with Gasteiger partial charge < -0.3 is 24.8 Å². The number of fused-ring (bicyclic) bond motifs is 1. The molecule has 1 aliphatic carbocycles. The number of nitrogens with zero attached hydrogens (tertiary/aromatic N) is 4. The van der Waals surface area contributed by atoms with Gasteiger partial charge >= 0.3 is 0 Å². The summed E-state index contributed by atoms with van der Waals surface area (Å²) in [6.07, 6.45) is 12.3. The largest absolute Gasteiger partial charge is 0.493 e. The number of hydrogen-bond acceptors (Lipinski definition) is 8. The van der Waals surface area contributed by atoms with Crippen molar-refractivity contribution >= 4 is 32.6 Å². The molecule has 5 rings (SSSR count). The lowest BCUT2D eigenvalue weighted by molar-refractivity contribution is -0.127. The van der Waals surface area contributed by atoms with Gasteiger partial charge in [-0.1, -0.05) is 13.0 Å². The second kappa shape index (κ2) is 13.9. The fraction of sp³-hybridized carbons (Fsp3) is 0.581. The van der Waals surface area contributed by atoms with Crippen LogP contribution in [-0.2, 0) is 14.6 Å². The molecule has 2 N–H and O–H groups in total. The van der Waals surface area contributed by atoms with E-state index in [4.69, 9.17) is 9.72 Å². The van der Waals surface area contributed by atoms with Crippen molar-refractivity contribution in [2.75, 3.05) is 43.6 Å². The Hall–Kier alpha value is -3.18. The molecule has 2 aliphatic rings. The Morgan fingerprint density at radius 1 is 1.10 bits per heavy atom. The first kappa shape index (κ1) is 30.3. The van der Waals surface area contributed by atoms with Gasteiger partial charge in [0.25, 0.3) is 0 Å². The molecule has 1 aliphatic heterocycles. The first-order valence-electron chi connectivity index (χ1n) is 15.3. The number of sulfone groups is 1. The summed E-state index contributed by atoms with van der Waals surface area (Å²) in [4.78, 5) is 24.7. The lowest BCUT2D eigenvalue weighted by Crippen LogP contribution is -2.49. The zero-order valence-electron chi connectivity index (χ0n) is 24.8. The molecule has 3 aromatic rings. The fourth-order valence-electron chi connectivity index (χ4n) is 6.22. The minimum absolute atomic E-state index is 0.0749. The van der Waals surface area contributed by atoms with Gasteiger partial charge in [0.05, 0.1) is 17.9 Å². The van der Waals surface area contributed by atoms with Gasteiger partial charge in [-0.05, 0) is 88.7 Å². The van der Waals surface area contributed by atoms with Crippen LogP contribution < -0.4 is 15.4 Å². The summed E-state index contributed by atoms with van der Waals surface area (Å²) < 4.78 is 30.7. The summed E-state index contributed by atoms with van der Waals surface area (Å²) in [6, 6.07) is 10.2.